The molecule has 1 N–H and O–H groups in total. The Bertz CT molecular complexity index is 910. The maximum atomic E-state index is 13.5. The molecule has 0 fully saturated rings. The van der Waals surface area contributed by atoms with Gasteiger partial charge in [-0.1, -0.05) is 6.07 Å². The summed E-state index contributed by atoms with van der Waals surface area (Å²) in [5, 5.41) is 10.7. The Hall–Kier alpha value is -2.90. The first-order valence-corrected chi connectivity index (χ1v) is 7.73. The quantitative estimate of drug-likeness (QED) is 0.550. The van der Waals surface area contributed by atoms with Gasteiger partial charge in [0.2, 0.25) is 5.91 Å². The summed E-state index contributed by atoms with van der Waals surface area (Å²) in [6, 6.07) is 6.72. The van der Waals surface area contributed by atoms with E-state index in [4.69, 9.17) is 0 Å². The number of halogens is 3. The SMILES string of the molecule is O=C(Cc1cc(F)c(F)cc1F)NCCCc1nnc2ccccn12. The summed E-state index contributed by atoms with van der Waals surface area (Å²) in [7, 11) is 0. The van der Waals surface area contributed by atoms with Gasteiger partial charge in [0.25, 0.3) is 0 Å². The second-order valence-electron chi connectivity index (χ2n) is 5.53. The first-order valence-electron chi connectivity index (χ1n) is 7.73. The fraction of sp³-hybridized carbons (Fsp3) is 0.235. The number of fused-ring (bicyclic) bond motifs is 1. The second kappa shape index (κ2) is 7.33. The number of aromatic nitrogens is 3. The molecule has 0 atom stereocenters. The number of nitrogens with one attached hydrogen (secondary N) is 1. The minimum Gasteiger partial charge on any atom is -0.356 e. The summed E-state index contributed by atoms with van der Waals surface area (Å²) in [6.07, 6.45) is 2.72. The number of rotatable bonds is 6. The highest BCUT2D eigenvalue weighted by molar-refractivity contribution is 5.78. The van der Waals surface area contributed by atoms with Gasteiger partial charge in [-0.2, -0.15) is 0 Å². The summed E-state index contributed by atoms with van der Waals surface area (Å²) in [6.45, 7) is 0.353. The molecule has 0 aliphatic carbocycles. The molecule has 25 heavy (non-hydrogen) atoms. The van der Waals surface area contributed by atoms with Crippen LogP contribution in [0.4, 0.5) is 13.2 Å². The van der Waals surface area contributed by atoms with Crippen molar-refractivity contribution >= 4 is 11.6 Å². The summed E-state index contributed by atoms with van der Waals surface area (Å²) < 4.78 is 41.3. The van der Waals surface area contributed by atoms with E-state index < -0.39 is 23.4 Å². The zero-order chi connectivity index (χ0) is 17.8. The highest BCUT2D eigenvalue weighted by Gasteiger charge is 2.13. The van der Waals surface area contributed by atoms with Gasteiger partial charge in [-0.3, -0.25) is 9.20 Å². The Morgan fingerprint density at radius 2 is 1.88 bits per heavy atom. The van der Waals surface area contributed by atoms with Gasteiger partial charge in [0, 0.05) is 30.8 Å². The van der Waals surface area contributed by atoms with E-state index in [0.29, 0.717) is 31.5 Å². The van der Waals surface area contributed by atoms with Crippen molar-refractivity contribution < 1.29 is 18.0 Å². The predicted octanol–water partition coefficient (Wildman–Crippen LogP) is 2.44. The van der Waals surface area contributed by atoms with Crippen molar-refractivity contribution in [2.45, 2.75) is 19.3 Å². The average Bonchev–Trinajstić information content (AvgIpc) is 3.00. The van der Waals surface area contributed by atoms with Crippen molar-refractivity contribution in [1.29, 1.82) is 0 Å². The fourth-order valence-electron chi connectivity index (χ4n) is 2.47. The van der Waals surface area contributed by atoms with Crippen molar-refractivity contribution in [3.8, 4) is 0 Å². The molecule has 2 heterocycles. The fourth-order valence-corrected chi connectivity index (χ4v) is 2.47. The van der Waals surface area contributed by atoms with Gasteiger partial charge in [0.15, 0.2) is 17.3 Å². The Kier molecular flexibility index (Phi) is 4.97. The Morgan fingerprint density at radius 3 is 2.72 bits per heavy atom. The van der Waals surface area contributed by atoms with E-state index in [1.165, 1.54) is 0 Å². The lowest BCUT2D eigenvalue weighted by atomic mass is 10.1. The van der Waals surface area contributed by atoms with Crippen LogP contribution >= 0.6 is 0 Å². The molecule has 0 bridgehead atoms. The third-order valence-electron chi connectivity index (χ3n) is 3.72. The molecule has 2 aromatic heterocycles. The number of pyridine rings is 1. The van der Waals surface area contributed by atoms with Crippen LogP contribution < -0.4 is 5.32 Å². The number of amides is 1. The van der Waals surface area contributed by atoms with Gasteiger partial charge in [-0.25, -0.2) is 13.2 Å². The van der Waals surface area contributed by atoms with Crippen molar-refractivity contribution in [2.24, 2.45) is 0 Å². The smallest absolute Gasteiger partial charge is 0.224 e. The van der Waals surface area contributed by atoms with Crippen molar-refractivity contribution in [1.82, 2.24) is 19.9 Å². The number of hydrogen-bond acceptors (Lipinski definition) is 3. The zero-order valence-corrected chi connectivity index (χ0v) is 13.2. The molecular weight excluding hydrogens is 333 g/mol. The number of carbonyl (C=O) groups is 1. The molecule has 0 radical (unpaired) electrons. The standard InChI is InChI=1S/C17H15F3N4O/c18-12-10-14(20)13(19)8-11(12)9-17(25)21-6-3-5-16-23-22-15-4-1-2-7-24(15)16/h1-2,4,7-8,10H,3,5-6,9H2,(H,21,25). The largest absolute Gasteiger partial charge is 0.356 e. The summed E-state index contributed by atoms with van der Waals surface area (Å²) in [5.41, 5.74) is 0.565. The maximum Gasteiger partial charge on any atom is 0.224 e. The molecule has 3 rings (SSSR count). The minimum absolute atomic E-state index is 0.181. The molecule has 0 unspecified atom stereocenters. The van der Waals surface area contributed by atoms with Gasteiger partial charge in [-0.15, -0.1) is 10.2 Å². The van der Waals surface area contributed by atoms with Crippen LogP contribution in [0.2, 0.25) is 0 Å². The van der Waals surface area contributed by atoms with Crippen LogP contribution in [0.1, 0.15) is 17.8 Å². The van der Waals surface area contributed by atoms with Crippen LogP contribution in [-0.2, 0) is 17.6 Å². The van der Waals surface area contributed by atoms with Crippen LogP contribution in [0.3, 0.4) is 0 Å². The molecule has 130 valence electrons. The van der Waals surface area contributed by atoms with Crippen molar-refractivity contribution in [3.05, 3.63) is 65.4 Å². The number of carbonyl (C=O) groups excluding carboxylic acids is 1. The highest BCUT2D eigenvalue weighted by atomic mass is 19.2. The van der Waals surface area contributed by atoms with E-state index in [9.17, 15) is 18.0 Å². The second-order valence-corrected chi connectivity index (χ2v) is 5.53. The molecule has 0 aliphatic heterocycles. The Labute approximate surface area is 141 Å². The Morgan fingerprint density at radius 1 is 1.08 bits per heavy atom. The van der Waals surface area contributed by atoms with E-state index in [2.05, 4.69) is 15.5 Å². The first kappa shape index (κ1) is 16.9. The minimum atomic E-state index is -1.28. The molecule has 8 heteroatoms. The van der Waals surface area contributed by atoms with Gasteiger partial charge in [0.1, 0.15) is 11.6 Å². The number of aryl methyl sites for hydroxylation is 1. The van der Waals surface area contributed by atoms with Crippen LogP contribution in [-0.4, -0.2) is 27.0 Å². The molecule has 1 amide bonds. The van der Waals surface area contributed by atoms with E-state index in [-0.39, 0.29) is 12.0 Å². The monoisotopic (exact) mass is 348 g/mol. The molecule has 0 saturated heterocycles. The first-order chi connectivity index (χ1) is 12.0. The van der Waals surface area contributed by atoms with Crippen LogP contribution in [0, 0.1) is 17.5 Å². The van der Waals surface area contributed by atoms with Crippen molar-refractivity contribution in [2.75, 3.05) is 6.54 Å². The molecule has 3 aromatic rings. The van der Waals surface area contributed by atoms with E-state index in [1.807, 2.05) is 28.8 Å². The number of nitrogens with zero attached hydrogens (tertiary/aromatic N) is 3. The maximum absolute atomic E-state index is 13.5. The lowest BCUT2D eigenvalue weighted by Gasteiger charge is -2.06. The topological polar surface area (TPSA) is 59.3 Å². The molecule has 0 aliphatic rings. The number of hydrogen-bond donors (Lipinski definition) is 1. The van der Waals surface area contributed by atoms with E-state index >= 15 is 0 Å². The third kappa shape index (κ3) is 3.96. The summed E-state index contributed by atoms with van der Waals surface area (Å²) in [4.78, 5) is 11.8. The van der Waals surface area contributed by atoms with Gasteiger partial charge >= 0.3 is 0 Å². The van der Waals surface area contributed by atoms with Gasteiger partial charge in [0.05, 0.1) is 6.42 Å². The number of benzene rings is 1. The summed E-state index contributed by atoms with van der Waals surface area (Å²) >= 11 is 0. The van der Waals surface area contributed by atoms with Gasteiger partial charge < -0.3 is 5.32 Å². The molecule has 0 spiro atoms. The van der Waals surface area contributed by atoms with E-state index in [1.54, 1.807) is 0 Å². The molecular formula is C17H15F3N4O. The summed E-state index contributed by atoms with van der Waals surface area (Å²) in [5.74, 6) is -3.08. The Balaban J connectivity index is 1.49. The van der Waals surface area contributed by atoms with Crippen LogP contribution in [0.15, 0.2) is 36.5 Å². The van der Waals surface area contributed by atoms with Crippen LogP contribution in [0.5, 0.6) is 0 Å². The highest BCUT2D eigenvalue weighted by Crippen LogP contribution is 2.14. The molecule has 5 nitrogen and oxygen atoms in total. The predicted molar refractivity (Wildman–Crippen MR) is 84.3 cm³/mol. The lowest BCUT2D eigenvalue weighted by molar-refractivity contribution is -0.120. The average molecular weight is 348 g/mol. The normalized spacial score (nSPS) is 11.0. The van der Waals surface area contributed by atoms with E-state index in [0.717, 1.165) is 11.5 Å². The lowest BCUT2D eigenvalue weighted by Crippen LogP contribution is -2.27. The molecule has 0 saturated carbocycles. The van der Waals surface area contributed by atoms with Crippen molar-refractivity contribution in [3.63, 3.8) is 0 Å². The zero-order valence-electron chi connectivity index (χ0n) is 13.2. The van der Waals surface area contributed by atoms with Gasteiger partial charge in [-0.05, 0) is 24.6 Å². The third-order valence-corrected chi connectivity index (χ3v) is 3.72. The van der Waals surface area contributed by atoms with Crippen LogP contribution in [0.25, 0.3) is 5.65 Å². The molecule has 1 aromatic carbocycles.